The largest absolute Gasteiger partial charge is 0.503 e. The SMILES string of the molecule is CCCOc1ccc(C2C(C(=O)c3ccco3)=C(O)C(=O)N2c2nc3ccc(F)cc3s2)cc1. The van der Waals surface area contributed by atoms with Crippen LogP contribution in [0.5, 0.6) is 5.75 Å². The second-order valence-electron chi connectivity index (χ2n) is 7.67. The van der Waals surface area contributed by atoms with Crippen LogP contribution in [0.3, 0.4) is 0 Å². The highest BCUT2D eigenvalue weighted by molar-refractivity contribution is 7.22. The van der Waals surface area contributed by atoms with Crippen molar-refractivity contribution in [3.63, 3.8) is 0 Å². The van der Waals surface area contributed by atoms with E-state index >= 15 is 0 Å². The topological polar surface area (TPSA) is 92.9 Å². The third-order valence-electron chi connectivity index (χ3n) is 5.41. The van der Waals surface area contributed by atoms with Crippen LogP contribution in [0.2, 0.25) is 0 Å². The molecule has 1 aliphatic heterocycles. The fourth-order valence-electron chi connectivity index (χ4n) is 3.85. The molecule has 0 fully saturated rings. The number of benzene rings is 2. The van der Waals surface area contributed by atoms with E-state index in [2.05, 4.69) is 4.98 Å². The maximum absolute atomic E-state index is 13.7. The van der Waals surface area contributed by atoms with Gasteiger partial charge in [0.05, 0.1) is 34.7 Å². The average molecular weight is 479 g/mol. The van der Waals surface area contributed by atoms with Crippen molar-refractivity contribution in [3.8, 4) is 5.75 Å². The number of hydrogen-bond donors (Lipinski definition) is 1. The lowest BCUT2D eigenvalue weighted by Crippen LogP contribution is -2.30. The molecular weight excluding hydrogens is 459 g/mol. The number of furan rings is 1. The van der Waals surface area contributed by atoms with Crippen molar-refractivity contribution in [2.75, 3.05) is 11.5 Å². The molecule has 1 atom stereocenters. The third-order valence-corrected chi connectivity index (χ3v) is 6.43. The van der Waals surface area contributed by atoms with E-state index in [4.69, 9.17) is 9.15 Å². The number of fused-ring (bicyclic) bond motifs is 1. The van der Waals surface area contributed by atoms with Crippen molar-refractivity contribution in [1.29, 1.82) is 0 Å². The molecule has 5 rings (SSSR count). The number of halogens is 1. The van der Waals surface area contributed by atoms with Crippen LogP contribution in [-0.2, 0) is 4.79 Å². The molecule has 7 nitrogen and oxygen atoms in total. The highest BCUT2D eigenvalue weighted by Gasteiger charge is 2.46. The van der Waals surface area contributed by atoms with Crippen molar-refractivity contribution in [1.82, 2.24) is 4.98 Å². The van der Waals surface area contributed by atoms with Gasteiger partial charge in [0, 0.05) is 0 Å². The zero-order valence-corrected chi connectivity index (χ0v) is 18.8. The number of anilines is 1. The first kappa shape index (κ1) is 21.8. The molecule has 0 aliphatic carbocycles. The predicted molar refractivity (Wildman–Crippen MR) is 125 cm³/mol. The Bertz CT molecular complexity index is 1410. The number of aliphatic hydroxyl groups is 1. The van der Waals surface area contributed by atoms with Crippen LogP contribution in [0.4, 0.5) is 9.52 Å². The maximum Gasteiger partial charge on any atom is 0.296 e. The lowest BCUT2D eigenvalue weighted by atomic mass is 9.95. The van der Waals surface area contributed by atoms with Gasteiger partial charge in [-0.2, -0.15) is 0 Å². The second kappa shape index (κ2) is 8.75. The summed E-state index contributed by atoms with van der Waals surface area (Å²) in [6.45, 7) is 2.55. The van der Waals surface area contributed by atoms with Gasteiger partial charge >= 0.3 is 0 Å². The molecule has 0 radical (unpaired) electrons. The number of amides is 1. The number of carbonyl (C=O) groups is 2. The van der Waals surface area contributed by atoms with Gasteiger partial charge in [0.25, 0.3) is 5.91 Å². The van der Waals surface area contributed by atoms with Crippen LogP contribution in [-0.4, -0.2) is 28.4 Å². The van der Waals surface area contributed by atoms with E-state index in [1.807, 2.05) is 6.92 Å². The third kappa shape index (κ3) is 3.73. The molecule has 1 aliphatic rings. The van der Waals surface area contributed by atoms with Crippen LogP contribution >= 0.6 is 11.3 Å². The molecule has 0 spiro atoms. The smallest absolute Gasteiger partial charge is 0.296 e. The number of ether oxygens (including phenoxy) is 1. The quantitative estimate of drug-likeness (QED) is 0.348. The number of nitrogens with zero attached hydrogens (tertiary/aromatic N) is 2. The van der Waals surface area contributed by atoms with Gasteiger partial charge in [0.2, 0.25) is 5.78 Å². The Morgan fingerprint density at radius 3 is 2.74 bits per heavy atom. The Kier molecular flexibility index (Phi) is 5.62. The van der Waals surface area contributed by atoms with Crippen molar-refractivity contribution in [2.24, 2.45) is 0 Å². The van der Waals surface area contributed by atoms with E-state index in [1.165, 1.54) is 35.4 Å². The monoisotopic (exact) mass is 478 g/mol. The van der Waals surface area contributed by atoms with Crippen molar-refractivity contribution < 1.29 is 28.2 Å². The van der Waals surface area contributed by atoms with Gasteiger partial charge in [-0.05, 0) is 54.4 Å². The molecule has 1 unspecified atom stereocenters. The first-order valence-corrected chi connectivity index (χ1v) is 11.4. The minimum atomic E-state index is -0.962. The number of hydrogen-bond acceptors (Lipinski definition) is 7. The molecule has 172 valence electrons. The Hall–Kier alpha value is -3.98. The van der Waals surface area contributed by atoms with Gasteiger partial charge in [-0.3, -0.25) is 14.5 Å². The molecule has 2 aromatic carbocycles. The van der Waals surface area contributed by atoms with E-state index in [1.54, 1.807) is 30.3 Å². The highest BCUT2D eigenvalue weighted by atomic mass is 32.1. The molecule has 0 bridgehead atoms. The molecule has 1 N–H and O–H groups in total. The van der Waals surface area contributed by atoms with Crippen molar-refractivity contribution >= 4 is 38.4 Å². The molecule has 4 aromatic rings. The molecular formula is C25H19FN2O5S. The Morgan fingerprint density at radius 2 is 2.03 bits per heavy atom. The van der Waals surface area contributed by atoms with Gasteiger partial charge in [-0.1, -0.05) is 30.4 Å². The average Bonchev–Trinajstić information content (AvgIpc) is 3.56. The predicted octanol–water partition coefficient (Wildman–Crippen LogP) is 5.60. The van der Waals surface area contributed by atoms with E-state index in [-0.39, 0.29) is 16.5 Å². The van der Waals surface area contributed by atoms with Gasteiger partial charge in [-0.25, -0.2) is 9.37 Å². The second-order valence-corrected chi connectivity index (χ2v) is 8.68. The molecule has 3 heterocycles. The number of ketones is 1. The summed E-state index contributed by atoms with van der Waals surface area (Å²) in [5.41, 5.74) is 0.954. The zero-order chi connectivity index (χ0) is 23.8. The Labute approximate surface area is 197 Å². The Balaban J connectivity index is 1.62. The molecule has 34 heavy (non-hydrogen) atoms. The minimum absolute atomic E-state index is 0.00419. The number of Topliss-reactive ketones (excluding diaryl/α,β-unsaturated/α-hetero) is 1. The van der Waals surface area contributed by atoms with Crippen LogP contribution in [0.1, 0.15) is 35.5 Å². The summed E-state index contributed by atoms with van der Waals surface area (Å²) in [4.78, 5) is 32.2. The lowest BCUT2D eigenvalue weighted by Gasteiger charge is -2.24. The zero-order valence-electron chi connectivity index (χ0n) is 18.0. The van der Waals surface area contributed by atoms with E-state index < -0.39 is 29.3 Å². The number of aliphatic hydroxyl groups excluding tert-OH is 1. The Morgan fingerprint density at radius 1 is 1.24 bits per heavy atom. The number of carbonyl (C=O) groups excluding carboxylic acids is 2. The number of thiazole rings is 1. The number of aromatic nitrogens is 1. The molecule has 0 saturated heterocycles. The van der Waals surface area contributed by atoms with Gasteiger partial charge in [0.1, 0.15) is 11.6 Å². The first-order chi connectivity index (χ1) is 16.5. The van der Waals surface area contributed by atoms with E-state index in [0.717, 1.165) is 17.8 Å². The molecule has 0 saturated carbocycles. The summed E-state index contributed by atoms with van der Waals surface area (Å²) in [7, 11) is 0. The lowest BCUT2D eigenvalue weighted by molar-refractivity contribution is -0.117. The highest BCUT2D eigenvalue weighted by Crippen LogP contribution is 2.44. The summed E-state index contributed by atoms with van der Waals surface area (Å²) in [6, 6.07) is 13.1. The summed E-state index contributed by atoms with van der Waals surface area (Å²) in [6.07, 6.45) is 2.19. The van der Waals surface area contributed by atoms with Crippen molar-refractivity contribution in [3.05, 3.63) is 89.3 Å². The van der Waals surface area contributed by atoms with Gasteiger partial charge in [-0.15, -0.1) is 0 Å². The van der Waals surface area contributed by atoms with E-state index in [0.29, 0.717) is 28.1 Å². The van der Waals surface area contributed by atoms with Crippen LogP contribution in [0, 0.1) is 5.82 Å². The fourth-order valence-corrected chi connectivity index (χ4v) is 4.86. The summed E-state index contributed by atoms with van der Waals surface area (Å²) in [5, 5.41) is 11.0. The molecule has 1 amide bonds. The normalized spacial score (nSPS) is 16.0. The number of rotatable bonds is 7. The summed E-state index contributed by atoms with van der Waals surface area (Å²) in [5.74, 6) is -1.85. The van der Waals surface area contributed by atoms with Crippen molar-refractivity contribution in [2.45, 2.75) is 19.4 Å². The summed E-state index contributed by atoms with van der Waals surface area (Å²) >= 11 is 1.10. The minimum Gasteiger partial charge on any atom is -0.503 e. The van der Waals surface area contributed by atoms with Crippen LogP contribution in [0.25, 0.3) is 10.2 Å². The van der Waals surface area contributed by atoms with Crippen LogP contribution in [0.15, 0.2) is 76.6 Å². The molecule has 2 aromatic heterocycles. The summed E-state index contributed by atoms with van der Waals surface area (Å²) < 4.78 is 25.2. The van der Waals surface area contributed by atoms with Gasteiger partial charge < -0.3 is 14.3 Å². The first-order valence-electron chi connectivity index (χ1n) is 10.6. The van der Waals surface area contributed by atoms with E-state index in [9.17, 15) is 19.1 Å². The van der Waals surface area contributed by atoms with Crippen LogP contribution < -0.4 is 9.64 Å². The fraction of sp³-hybridized carbons (Fsp3) is 0.160. The standard InChI is InChI=1S/C25H19FN2O5S/c1-2-11-32-16-8-5-14(6-9-16)21-20(22(29)18-4-3-12-33-18)23(30)24(31)28(21)25-27-17-10-7-15(26)13-19(17)34-25/h3-10,12-13,21,30H,2,11H2,1H3. The maximum atomic E-state index is 13.7. The van der Waals surface area contributed by atoms with Gasteiger partial charge in [0.15, 0.2) is 16.7 Å². The molecule has 9 heteroatoms.